The highest BCUT2D eigenvalue weighted by Gasteiger charge is 2.39. The predicted octanol–water partition coefficient (Wildman–Crippen LogP) is 3.66. The van der Waals surface area contributed by atoms with Crippen LogP contribution in [0.3, 0.4) is 0 Å². The van der Waals surface area contributed by atoms with Crippen molar-refractivity contribution in [3.63, 3.8) is 0 Å². The van der Waals surface area contributed by atoms with Crippen molar-refractivity contribution < 1.29 is 14.3 Å². The molecule has 2 atom stereocenters. The van der Waals surface area contributed by atoms with E-state index in [4.69, 9.17) is 4.74 Å². The normalized spacial score (nSPS) is 25.2. The van der Waals surface area contributed by atoms with Gasteiger partial charge in [-0.25, -0.2) is 0 Å². The van der Waals surface area contributed by atoms with E-state index in [1.165, 1.54) is 32.4 Å². The predicted molar refractivity (Wildman–Crippen MR) is 126 cm³/mol. The molecule has 0 aliphatic carbocycles. The third kappa shape index (κ3) is 5.28. The zero-order valence-electron chi connectivity index (χ0n) is 19.8. The minimum absolute atomic E-state index is 0.0825. The Labute approximate surface area is 192 Å². The van der Waals surface area contributed by atoms with Crippen molar-refractivity contribution >= 4 is 11.8 Å². The van der Waals surface area contributed by atoms with Gasteiger partial charge >= 0.3 is 0 Å². The third-order valence-electron chi connectivity index (χ3n) is 7.44. The van der Waals surface area contributed by atoms with Crippen molar-refractivity contribution in [3.05, 3.63) is 29.8 Å². The first-order chi connectivity index (χ1) is 15.6. The van der Waals surface area contributed by atoms with Gasteiger partial charge in [0.05, 0.1) is 12.2 Å². The van der Waals surface area contributed by atoms with Gasteiger partial charge < -0.3 is 19.4 Å². The molecule has 0 saturated carbocycles. The second kappa shape index (κ2) is 10.7. The van der Waals surface area contributed by atoms with Gasteiger partial charge in [0.25, 0.3) is 5.91 Å². The van der Waals surface area contributed by atoms with Crippen molar-refractivity contribution in [1.29, 1.82) is 0 Å². The van der Waals surface area contributed by atoms with Crippen LogP contribution in [0.25, 0.3) is 0 Å². The van der Waals surface area contributed by atoms with Crippen molar-refractivity contribution in [2.45, 2.75) is 58.4 Å². The summed E-state index contributed by atoms with van der Waals surface area (Å²) in [6.07, 6.45) is 6.48. The fraction of sp³-hybridized carbons (Fsp3) is 0.692. The van der Waals surface area contributed by atoms with Crippen LogP contribution in [-0.2, 0) is 4.79 Å². The van der Waals surface area contributed by atoms with Gasteiger partial charge in [0.1, 0.15) is 11.8 Å². The average molecular weight is 442 g/mol. The lowest BCUT2D eigenvalue weighted by molar-refractivity contribution is -0.137. The highest BCUT2D eigenvalue weighted by atomic mass is 16.5. The number of ether oxygens (including phenoxy) is 1. The fourth-order valence-corrected chi connectivity index (χ4v) is 5.58. The number of hydrogen-bond acceptors (Lipinski definition) is 4. The molecule has 3 aliphatic heterocycles. The van der Waals surface area contributed by atoms with Crippen molar-refractivity contribution in [1.82, 2.24) is 14.7 Å². The summed E-state index contributed by atoms with van der Waals surface area (Å²) < 4.78 is 5.68. The lowest BCUT2D eigenvalue weighted by Crippen LogP contribution is -2.52. The molecule has 176 valence electrons. The molecule has 6 nitrogen and oxygen atoms in total. The summed E-state index contributed by atoms with van der Waals surface area (Å²) >= 11 is 0. The zero-order valence-corrected chi connectivity index (χ0v) is 19.8. The molecule has 3 saturated heterocycles. The van der Waals surface area contributed by atoms with E-state index in [0.717, 1.165) is 44.8 Å². The van der Waals surface area contributed by atoms with E-state index in [1.807, 2.05) is 36.1 Å². The van der Waals surface area contributed by atoms with Crippen LogP contribution in [-0.4, -0.2) is 78.4 Å². The maximum atomic E-state index is 13.5. The molecule has 1 aromatic carbocycles. The first-order valence-corrected chi connectivity index (χ1v) is 12.6. The smallest absolute Gasteiger partial charge is 0.258 e. The highest BCUT2D eigenvalue weighted by Crippen LogP contribution is 2.28. The Morgan fingerprint density at radius 2 is 1.75 bits per heavy atom. The number of hydrogen-bond donors (Lipinski definition) is 0. The second-order valence-electron chi connectivity index (χ2n) is 9.86. The largest absolute Gasteiger partial charge is 0.493 e. The van der Waals surface area contributed by atoms with Crippen molar-refractivity contribution in [2.75, 3.05) is 45.9 Å². The summed E-state index contributed by atoms with van der Waals surface area (Å²) in [6, 6.07) is 7.04. The lowest BCUT2D eigenvalue weighted by Gasteiger charge is -2.39. The molecular weight excluding hydrogens is 402 g/mol. The fourth-order valence-electron chi connectivity index (χ4n) is 5.58. The van der Waals surface area contributed by atoms with E-state index in [2.05, 4.69) is 11.8 Å². The molecule has 3 fully saturated rings. The molecule has 3 aliphatic rings. The highest BCUT2D eigenvalue weighted by molar-refractivity contribution is 6.00. The van der Waals surface area contributed by atoms with Gasteiger partial charge in [-0.3, -0.25) is 9.59 Å². The standard InChI is InChI=1S/C26H39N3O3/c1-3-32-24-11-5-4-9-22(24)25(30)29-15-7-10-23(29)26(31)28-14-6-8-21(19-28)18-27-16-12-20(2)13-17-27/h4-5,9,11,20-21,23H,3,6-8,10,12-19H2,1-2H3. The second-order valence-corrected chi connectivity index (χ2v) is 9.86. The average Bonchev–Trinajstić information content (AvgIpc) is 3.30. The number of carbonyl (C=O) groups excluding carboxylic acids is 2. The van der Waals surface area contributed by atoms with Gasteiger partial charge in [0.2, 0.25) is 5.91 Å². The first kappa shape index (κ1) is 23.1. The van der Waals surface area contributed by atoms with E-state index in [0.29, 0.717) is 30.4 Å². The number of carbonyl (C=O) groups is 2. The number of benzene rings is 1. The number of amides is 2. The van der Waals surface area contributed by atoms with Gasteiger partial charge in [0.15, 0.2) is 0 Å². The van der Waals surface area contributed by atoms with Crippen molar-refractivity contribution in [3.8, 4) is 5.75 Å². The summed E-state index contributed by atoms with van der Waals surface area (Å²) in [5.41, 5.74) is 0.560. The molecule has 3 heterocycles. The molecule has 0 bridgehead atoms. The van der Waals surface area contributed by atoms with Crippen LogP contribution in [0.1, 0.15) is 62.7 Å². The van der Waals surface area contributed by atoms with Crippen LogP contribution in [0.5, 0.6) is 5.75 Å². The number of nitrogens with zero attached hydrogens (tertiary/aromatic N) is 3. The molecule has 4 rings (SSSR count). The Bertz CT molecular complexity index is 790. The molecule has 0 radical (unpaired) electrons. The van der Waals surface area contributed by atoms with E-state index in [9.17, 15) is 9.59 Å². The Morgan fingerprint density at radius 3 is 2.53 bits per heavy atom. The molecular formula is C26H39N3O3. The van der Waals surface area contributed by atoms with E-state index in [-0.39, 0.29) is 17.9 Å². The Morgan fingerprint density at radius 1 is 1.00 bits per heavy atom. The van der Waals surface area contributed by atoms with Gasteiger partial charge in [0, 0.05) is 26.2 Å². The monoisotopic (exact) mass is 441 g/mol. The maximum absolute atomic E-state index is 13.5. The minimum atomic E-state index is -0.341. The van der Waals surface area contributed by atoms with Gasteiger partial charge in [-0.05, 0) is 82.5 Å². The minimum Gasteiger partial charge on any atom is -0.493 e. The summed E-state index contributed by atoms with van der Waals surface area (Å²) in [4.78, 5) is 33.3. The number of rotatable bonds is 6. The van der Waals surface area contributed by atoms with E-state index >= 15 is 0 Å². The summed E-state index contributed by atoms with van der Waals surface area (Å²) in [5.74, 6) is 2.05. The zero-order chi connectivity index (χ0) is 22.5. The van der Waals surface area contributed by atoms with Crippen LogP contribution in [0.15, 0.2) is 24.3 Å². The molecule has 2 amide bonds. The van der Waals surface area contributed by atoms with Crippen molar-refractivity contribution in [2.24, 2.45) is 11.8 Å². The van der Waals surface area contributed by atoms with Gasteiger partial charge in [-0.1, -0.05) is 19.1 Å². The van der Waals surface area contributed by atoms with Crippen LogP contribution in [0.4, 0.5) is 0 Å². The molecule has 1 aromatic rings. The van der Waals surface area contributed by atoms with E-state index in [1.54, 1.807) is 4.90 Å². The van der Waals surface area contributed by atoms with Crippen LogP contribution >= 0.6 is 0 Å². The topological polar surface area (TPSA) is 53.1 Å². The SMILES string of the molecule is CCOc1ccccc1C(=O)N1CCCC1C(=O)N1CCCC(CN2CCC(C)CC2)C1. The van der Waals surface area contributed by atoms with Crippen LogP contribution in [0.2, 0.25) is 0 Å². The quantitative estimate of drug-likeness (QED) is 0.676. The maximum Gasteiger partial charge on any atom is 0.258 e. The molecule has 0 N–H and O–H groups in total. The van der Waals surface area contributed by atoms with Gasteiger partial charge in [-0.2, -0.15) is 0 Å². The molecule has 0 aromatic heterocycles. The van der Waals surface area contributed by atoms with Crippen LogP contribution < -0.4 is 4.74 Å². The lowest BCUT2D eigenvalue weighted by atomic mass is 9.94. The molecule has 0 spiro atoms. The Kier molecular flexibility index (Phi) is 7.71. The van der Waals surface area contributed by atoms with Gasteiger partial charge in [-0.15, -0.1) is 0 Å². The number of para-hydroxylation sites is 1. The summed E-state index contributed by atoms with van der Waals surface area (Å²) in [7, 11) is 0. The Balaban J connectivity index is 1.39. The van der Waals surface area contributed by atoms with Crippen LogP contribution in [0, 0.1) is 11.8 Å². The molecule has 32 heavy (non-hydrogen) atoms. The number of piperidine rings is 2. The number of likely N-dealkylation sites (tertiary alicyclic amines) is 3. The molecule has 2 unspecified atom stereocenters. The van der Waals surface area contributed by atoms with E-state index < -0.39 is 0 Å². The third-order valence-corrected chi connectivity index (χ3v) is 7.44. The first-order valence-electron chi connectivity index (χ1n) is 12.6. The molecule has 6 heteroatoms. The summed E-state index contributed by atoms with van der Waals surface area (Å²) in [6.45, 7) is 10.5. The summed E-state index contributed by atoms with van der Waals surface area (Å²) in [5, 5.41) is 0. The Hall–Kier alpha value is -2.08.